The molecule has 2 atom stereocenters. The lowest BCUT2D eigenvalue weighted by Gasteiger charge is -2.33. The Labute approximate surface area is 224 Å². The fourth-order valence-corrected chi connectivity index (χ4v) is 5.24. The van der Waals surface area contributed by atoms with Crippen LogP contribution in [0, 0.1) is 16.0 Å². The first-order valence-electron chi connectivity index (χ1n) is 12.7. The maximum absolute atomic E-state index is 13.8. The van der Waals surface area contributed by atoms with Crippen LogP contribution in [0.3, 0.4) is 0 Å². The van der Waals surface area contributed by atoms with Crippen LogP contribution >= 0.6 is 15.9 Å². The minimum atomic E-state index is -0.864. The zero-order valence-corrected chi connectivity index (χ0v) is 22.6. The summed E-state index contributed by atoms with van der Waals surface area (Å²) in [7, 11) is 0. The third-order valence-electron chi connectivity index (χ3n) is 6.78. The molecule has 2 unspecified atom stereocenters. The molecule has 2 aromatic rings. The molecule has 0 spiro atoms. The molecule has 2 N–H and O–H groups in total. The van der Waals surface area contributed by atoms with E-state index in [1.165, 1.54) is 24.8 Å². The van der Waals surface area contributed by atoms with Crippen LogP contribution in [0.4, 0.5) is 11.5 Å². The van der Waals surface area contributed by atoms with Crippen LogP contribution in [-0.2, 0) is 9.59 Å². The minimum Gasteiger partial charge on any atom is -0.480 e. The zero-order chi connectivity index (χ0) is 26.5. The number of carbonyl (C=O) groups is 2. The summed E-state index contributed by atoms with van der Waals surface area (Å²) >= 11 is 3.51. The van der Waals surface area contributed by atoms with E-state index >= 15 is 0 Å². The number of amides is 2. The number of nitrogens with zero attached hydrogens (tertiary/aromatic N) is 3. The highest BCUT2D eigenvalue weighted by Crippen LogP contribution is 2.38. The largest absolute Gasteiger partial charge is 0.480 e. The molecule has 0 radical (unpaired) electrons. The molecule has 2 heterocycles. The summed E-state index contributed by atoms with van der Waals surface area (Å²) in [4.78, 5) is 43.6. The van der Waals surface area contributed by atoms with E-state index in [4.69, 9.17) is 4.74 Å². The van der Waals surface area contributed by atoms with E-state index in [0.717, 1.165) is 30.2 Å². The molecule has 1 aliphatic carbocycles. The molecule has 1 aliphatic heterocycles. The van der Waals surface area contributed by atoms with Gasteiger partial charge in [-0.2, -0.15) is 0 Å². The van der Waals surface area contributed by atoms with Crippen LogP contribution in [-0.4, -0.2) is 51.9 Å². The van der Waals surface area contributed by atoms with E-state index in [1.54, 1.807) is 11.0 Å². The Morgan fingerprint density at radius 1 is 1.24 bits per heavy atom. The number of carbonyl (C=O) groups excluding carboxylic acids is 2. The van der Waals surface area contributed by atoms with Gasteiger partial charge >= 0.3 is 0 Å². The Bertz CT molecular complexity index is 1140. The van der Waals surface area contributed by atoms with E-state index in [0.29, 0.717) is 17.1 Å². The van der Waals surface area contributed by atoms with Crippen molar-refractivity contribution in [2.75, 3.05) is 18.4 Å². The van der Waals surface area contributed by atoms with Crippen molar-refractivity contribution in [3.63, 3.8) is 0 Å². The van der Waals surface area contributed by atoms with E-state index in [1.807, 2.05) is 26.0 Å². The second-order valence-electron chi connectivity index (χ2n) is 9.83. The van der Waals surface area contributed by atoms with Gasteiger partial charge in [-0.25, -0.2) is 4.98 Å². The molecule has 10 nitrogen and oxygen atoms in total. The fraction of sp³-hybridized carbons (Fsp3) is 0.500. The molecule has 4 rings (SSSR count). The number of pyridine rings is 1. The predicted molar refractivity (Wildman–Crippen MR) is 142 cm³/mol. The Morgan fingerprint density at radius 3 is 2.65 bits per heavy atom. The van der Waals surface area contributed by atoms with E-state index in [-0.39, 0.29) is 42.6 Å². The summed E-state index contributed by atoms with van der Waals surface area (Å²) < 4.78 is 6.98. The molecule has 1 aromatic carbocycles. The molecular formula is C26H32BrN5O5. The molecular weight excluding hydrogens is 542 g/mol. The minimum absolute atomic E-state index is 0.0845. The fourth-order valence-electron chi connectivity index (χ4n) is 4.86. The molecule has 1 fully saturated rings. The smallest absolute Gasteiger partial charge is 0.287 e. The Hall–Kier alpha value is -3.21. The highest BCUT2D eigenvalue weighted by Gasteiger charge is 2.42. The number of fused-ring (bicyclic) bond motifs is 1. The van der Waals surface area contributed by atoms with Crippen molar-refractivity contribution in [3.8, 4) is 5.75 Å². The summed E-state index contributed by atoms with van der Waals surface area (Å²) in [6.07, 6.45) is 5.60. The molecule has 198 valence electrons. The zero-order valence-electron chi connectivity index (χ0n) is 21.0. The number of halogens is 1. The normalized spacial score (nSPS) is 20.1. The summed E-state index contributed by atoms with van der Waals surface area (Å²) in [5, 5.41) is 17.2. The lowest BCUT2D eigenvalue weighted by Crippen LogP contribution is -2.51. The van der Waals surface area contributed by atoms with Crippen LogP contribution in [0.1, 0.15) is 57.6 Å². The van der Waals surface area contributed by atoms with Crippen molar-refractivity contribution >= 4 is 39.2 Å². The first-order valence-corrected chi connectivity index (χ1v) is 13.4. The number of anilines is 1. The quantitative estimate of drug-likeness (QED) is 0.349. The van der Waals surface area contributed by atoms with E-state index < -0.39 is 17.1 Å². The maximum atomic E-state index is 13.8. The molecule has 2 amide bonds. The van der Waals surface area contributed by atoms with Gasteiger partial charge in [0.05, 0.1) is 4.92 Å². The van der Waals surface area contributed by atoms with Crippen LogP contribution in [0.2, 0.25) is 0 Å². The van der Waals surface area contributed by atoms with Gasteiger partial charge in [0.25, 0.3) is 11.6 Å². The van der Waals surface area contributed by atoms with Crippen molar-refractivity contribution in [2.24, 2.45) is 5.92 Å². The van der Waals surface area contributed by atoms with E-state index in [9.17, 15) is 19.7 Å². The SMILES string of the molecule is CC(C)C1Oc2ccc(Br)cc2C(C(=O)NC2CCCCC2)N(CCNc2ccc([N+](=O)[O-])cn2)C1=O. The van der Waals surface area contributed by atoms with Gasteiger partial charge in [-0.15, -0.1) is 0 Å². The van der Waals surface area contributed by atoms with Gasteiger partial charge in [-0.3, -0.25) is 19.7 Å². The molecule has 0 saturated heterocycles. The number of nitrogens with one attached hydrogen (secondary N) is 2. The van der Waals surface area contributed by atoms with Crippen molar-refractivity contribution < 1.29 is 19.2 Å². The molecule has 2 aliphatic rings. The van der Waals surface area contributed by atoms with Gasteiger partial charge in [-0.05, 0) is 43.0 Å². The number of hydrogen-bond acceptors (Lipinski definition) is 7. The Kier molecular flexibility index (Phi) is 8.63. The van der Waals surface area contributed by atoms with Gasteiger partial charge in [-0.1, -0.05) is 49.0 Å². The summed E-state index contributed by atoms with van der Waals surface area (Å²) in [5.41, 5.74) is 0.527. The summed E-state index contributed by atoms with van der Waals surface area (Å²) in [5.74, 6) is 0.365. The number of ether oxygens (including phenoxy) is 1. The average Bonchev–Trinajstić information content (AvgIpc) is 2.99. The monoisotopic (exact) mass is 573 g/mol. The van der Waals surface area contributed by atoms with Crippen molar-refractivity contribution in [1.29, 1.82) is 0 Å². The Morgan fingerprint density at radius 2 is 2.00 bits per heavy atom. The molecule has 11 heteroatoms. The highest BCUT2D eigenvalue weighted by molar-refractivity contribution is 9.10. The van der Waals surface area contributed by atoms with Crippen LogP contribution in [0.25, 0.3) is 0 Å². The lowest BCUT2D eigenvalue weighted by molar-refractivity contribution is -0.385. The first kappa shape index (κ1) is 26.8. The highest BCUT2D eigenvalue weighted by atomic mass is 79.9. The topological polar surface area (TPSA) is 127 Å². The standard InChI is InChI=1S/C26H32BrN5O5/c1-16(2)24-26(34)31(13-12-28-22-11-9-19(15-29-22)32(35)36)23(20-14-17(27)8-10-21(20)37-24)25(33)30-18-6-4-3-5-7-18/h8-11,14-16,18,23-24H,3-7,12-13H2,1-2H3,(H,28,29)(H,30,33). The Balaban J connectivity index is 1.62. The number of aromatic nitrogens is 1. The van der Waals surface area contributed by atoms with Gasteiger partial charge in [0, 0.05) is 35.2 Å². The van der Waals surface area contributed by atoms with Crippen molar-refractivity contribution in [3.05, 3.63) is 56.7 Å². The summed E-state index contributed by atoms with van der Waals surface area (Å²) in [6.45, 7) is 4.33. The van der Waals surface area contributed by atoms with Gasteiger partial charge < -0.3 is 20.3 Å². The third-order valence-corrected chi connectivity index (χ3v) is 7.27. The molecule has 1 saturated carbocycles. The number of hydrogen-bond donors (Lipinski definition) is 2. The lowest BCUT2D eigenvalue weighted by atomic mass is 9.94. The molecule has 0 bridgehead atoms. The van der Waals surface area contributed by atoms with Crippen molar-refractivity contribution in [2.45, 2.75) is 64.1 Å². The number of benzene rings is 1. The molecule has 37 heavy (non-hydrogen) atoms. The van der Waals surface area contributed by atoms with Gasteiger partial charge in [0.2, 0.25) is 5.91 Å². The van der Waals surface area contributed by atoms with Gasteiger partial charge in [0.15, 0.2) is 6.10 Å². The van der Waals surface area contributed by atoms with Gasteiger partial charge in [0.1, 0.15) is 23.8 Å². The maximum Gasteiger partial charge on any atom is 0.287 e. The van der Waals surface area contributed by atoms with Crippen LogP contribution in [0.5, 0.6) is 5.75 Å². The van der Waals surface area contributed by atoms with Crippen LogP contribution < -0.4 is 15.4 Å². The predicted octanol–water partition coefficient (Wildman–Crippen LogP) is 4.60. The average molecular weight is 574 g/mol. The number of rotatable bonds is 8. The summed E-state index contributed by atoms with van der Waals surface area (Å²) in [6, 6.07) is 7.58. The second-order valence-corrected chi connectivity index (χ2v) is 10.7. The second kappa shape index (κ2) is 11.9. The third kappa shape index (κ3) is 6.38. The van der Waals surface area contributed by atoms with E-state index in [2.05, 4.69) is 31.5 Å². The van der Waals surface area contributed by atoms with Crippen molar-refractivity contribution in [1.82, 2.24) is 15.2 Å². The first-order chi connectivity index (χ1) is 17.7. The van der Waals surface area contributed by atoms with Crippen LogP contribution in [0.15, 0.2) is 41.0 Å². The number of nitro groups is 1. The molecule has 1 aromatic heterocycles.